The zero-order valence-electron chi connectivity index (χ0n) is 5.65. The van der Waals surface area contributed by atoms with Crippen LogP contribution in [0.15, 0.2) is 30.0 Å². The lowest BCUT2D eigenvalue weighted by atomic mass is 10.2. The number of terminal acetylenes is 1. The maximum Gasteiger partial charge on any atom is 0.0272 e. The van der Waals surface area contributed by atoms with E-state index < -0.39 is 0 Å². The van der Waals surface area contributed by atoms with E-state index in [4.69, 9.17) is 6.42 Å². The molecule has 0 spiro atoms. The highest BCUT2D eigenvalue weighted by molar-refractivity contribution is 5.16. The van der Waals surface area contributed by atoms with Gasteiger partial charge in [-0.15, -0.1) is 18.1 Å². The molecule has 0 aliphatic carbocycles. The van der Waals surface area contributed by atoms with Gasteiger partial charge in [0.1, 0.15) is 0 Å². The van der Waals surface area contributed by atoms with Gasteiger partial charge in [0, 0.05) is 6.42 Å². The first-order chi connectivity index (χ1) is 4.31. The van der Waals surface area contributed by atoms with Crippen molar-refractivity contribution >= 4 is 0 Å². The normalized spacial score (nSPS) is 9.56. The third-order valence-electron chi connectivity index (χ3n) is 0.872. The Morgan fingerprint density at radius 2 is 2.44 bits per heavy atom. The molecule has 0 radical (unpaired) electrons. The quantitative estimate of drug-likeness (QED) is 0.296. The van der Waals surface area contributed by atoms with Crippen molar-refractivity contribution in [3.05, 3.63) is 30.0 Å². The van der Waals surface area contributed by atoms with Crippen LogP contribution >= 0.6 is 0 Å². The Kier molecular flexibility index (Phi) is 4.32. The van der Waals surface area contributed by atoms with Gasteiger partial charge in [0.25, 0.3) is 0 Å². The Morgan fingerprint density at radius 1 is 1.78 bits per heavy atom. The summed E-state index contributed by atoms with van der Waals surface area (Å²) in [6.45, 7) is 5.40. The highest BCUT2D eigenvalue weighted by Crippen LogP contribution is 1.94. The van der Waals surface area contributed by atoms with Gasteiger partial charge in [-0.1, -0.05) is 12.7 Å². The van der Waals surface area contributed by atoms with Crippen molar-refractivity contribution < 1.29 is 0 Å². The van der Waals surface area contributed by atoms with E-state index in [0.29, 0.717) is 6.42 Å². The topological polar surface area (TPSA) is 0 Å². The summed E-state index contributed by atoms with van der Waals surface area (Å²) in [6.07, 6.45) is 9.47. The minimum atomic E-state index is 0.685. The van der Waals surface area contributed by atoms with Gasteiger partial charge in [-0.05, 0) is 18.6 Å². The minimum Gasteiger partial charge on any atom is -0.128 e. The third kappa shape index (κ3) is 4.68. The van der Waals surface area contributed by atoms with Gasteiger partial charge in [0.05, 0.1) is 0 Å². The van der Waals surface area contributed by atoms with Crippen molar-refractivity contribution in [2.75, 3.05) is 0 Å². The van der Waals surface area contributed by atoms with Gasteiger partial charge in [0.15, 0.2) is 0 Å². The van der Waals surface area contributed by atoms with Gasteiger partial charge in [-0.2, -0.15) is 0 Å². The predicted octanol–water partition coefficient (Wildman–Crippen LogP) is 2.30. The number of hydrogen-bond donors (Lipinski definition) is 0. The average Bonchev–Trinajstić information content (AvgIpc) is 1.85. The van der Waals surface area contributed by atoms with Crippen molar-refractivity contribution in [2.24, 2.45) is 0 Å². The summed E-state index contributed by atoms with van der Waals surface area (Å²) in [5.41, 5.74) is 3.78. The molecule has 0 saturated carbocycles. The van der Waals surface area contributed by atoms with E-state index in [9.17, 15) is 0 Å². The van der Waals surface area contributed by atoms with Gasteiger partial charge in [0.2, 0.25) is 0 Å². The van der Waals surface area contributed by atoms with Crippen LogP contribution in [0.3, 0.4) is 0 Å². The molecule has 0 heterocycles. The summed E-state index contributed by atoms with van der Waals surface area (Å²) in [7, 11) is 0. The molecule has 0 bridgehead atoms. The molecule has 0 aromatic heterocycles. The minimum absolute atomic E-state index is 0.685. The molecule has 0 nitrogen and oxygen atoms in total. The van der Waals surface area contributed by atoms with E-state index in [1.54, 1.807) is 6.08 Å². The molecular weight excluding hydrogens is 108 g/mol. The fourth-order valence-electron chi connectivity index (χ4n) is 0.440. The van der Waals surface area contributed by atoms with E-state index in [1.165, 1.54) is 0 Å². The molecule has 0 heteroatoms. The van der Waals surface area contributed by atoms with Crippen molar-refractivity contribution in [1.82, 2.24) is 0 Å². The smallest absolute Gasteiger partial charge is 0.0272 e. The first-order valence-electron chi connectivity index (χ1n) is 2.77. The summed E-state index contributed by atoms with van der Waals surface area (Å²) in [4.78, 5) is 0. The number of hydrogen-bond acceptors (Lipinski definition) is 0. The summed E-state index contributed by atoms with van der Waals surface area (Å²) in [5.74, 6) is 2.51. The Balaban J connectivity index is 3.87. The Bertz CT molecular complexity index is 183. The van der Waals surface area contributed by atoms with E-state index in [1.807, 2.05) is 13.0 Å². The monoisotopic (exact) mass is 118 g/mol. The molecule has 0 amide bonds. The zero-order chi connectivity index (χ0) is 7.11. The Labute approximate surface area is 56.6 Å². The van der Waals surface area contributed by atoms with Crippen LogP contribution in [0.2, 0.25) is 0 Å². The third-order valence-corrected chi connectivity index (χ3v) is 0.872. The van der Waals surface area contributed by atoms with Crippen LogP contribution in [0.5, 0.6) is 0 Å². The van der Waals surface area contributed by atoms with Crippen molar-refractivity contribution in [2.45, 2.75) is 13.3 Å². The molecular formula is C9H10. The summed E-state index contributed by atoms with van der Waals surface area (Å²) in [5, 5.41) is 0. The lowest BCUT2D eigenvalue weighted by Gasteiger charge is -1.83. The Morgan fingerprint density at radius 3 is 2.89 bits per heavy atom. The van der Waals surface area contributed by atoms with E-state index in [2.05, 4.69) is 18.2 Å². The van der Waals surface area contributed by atoms with Crippen LogP contribution in [-0.4, -0.2) is 0 Å². The van der Waals surface area contributed by atoms with Gasteiger partial charge in [-0.25, -0.2) is 0 Å². The molecule has 9 heavy (non-hydrogen) atoms. The molecule has 0 fully saturated rings. The largest absolute Gasteiger partial charge is 0.128 e. The first-order valence-corrected chi connectivity index (χ1v) is 2.77. The molecule has 0 unspecified atom stereocenters. The highest BCUT2D eigenvalue weighted by Gasteiger charge is 1.75. The molecule has 0 saturated heterocycles. The van der Waals surface area contributed by atoms with Gasteiger partial charge >= 0.3 is 0 Å². The number of rotatable bonds is 2. The molecule has 0 aromatic carbocycles. The van der Waals surface area contributed by atoms with Crippen molar-refractivity contribution in [1.29, 1.82) is 0 Å². The molecule has 0 aliphatic heterocycles. The van der Waals surface area contributed by atoms with Crippen LogP contribution in [-0.2, 0) is 0 Å². The summed E-state index contributed by atoms with van der Waals surface area (Å²) < 4.78 is 0. The predicted molar refractivity (Wildman–Crippen MR) is 40.9 cm³/mol. The lowest BCUT2D eigenvalue weighted by molar-refractivity contribution is 1.38. The second kappa shape index (κ2) is 4.97. The summed E-state index contributed by atoms with van der Waals surface area (Å²) >= 11 is 0. The van der Waals surface area contributed by atoms with Crippen LogP contribution in [0.1, 0.15) is 13.3 Å². The van der Waals surface area contributed by atoms with E-state index in [-0.39, 0.29) is 0 Å². The second-order valence-electron chi connectivity index (χ2n) is 1.70. The molecule has 0 N–H and O–H groups in total. The number of allylic oxidation sites excluding steroid dienone is 3. The first kappa shape index (κ1) is 7.82. The van der Waals surface area contributed by atoms with Crippen molar-refractivity contribution in [3.8, 4) is 12.3 Å². The second-order valence-corrected chi connectivity index (χ2v) is 1.70. The van der Waals surface area contributed by atoms with Crippen molar-refractivity contribution in [3.63, 3.8) is 0 Å². The highest BCUT2D eigenvalue weighted by atomic mass is 13.8. The van der Waals surface area contributed by atoms with Gasteiger partial charge < -0.3 is 0 Å². The maximum atomic E-state index is 5.03. The zero-order valence-corrected chi connectivity index (χ0v) is 5.65. The van der Waals surface area contributed by atoms with Crippen LogP contribution in [0.25, 0.3) is 0 Å². The van der Waals surface area contributed by atoms with Crippen LogP contribution in [0.4, 0.5) is 0 Å². The SMILES string of the molecule is C#CCC=C(C)C=C=C. The molecule has 46 valence electrons. The van der Waals surface area contributed by atoms with Crippen LogP contribution in [0, 0.1) is 12.3 Å². The lowest BCUT2D eigenvalue weighted by Crippen LogP contribution is -1.64. The fourth-order valence-corrected chi connectivity index (χ4v) is 0.440. The average molecular weight is 118 g/mol. The van der Waals surface area contributed by atoms with Gasteiger partial charge in [-0.3, -0.25) is 0 Å². The van der Waals surface area contributed by atoms with E-state index in [0.717, 1.165) is 5.57 Å². The van der Waals surface area contributed by atoms with E-state index >= 15 is 0 Å². The maximum absolute atomic E-state index is 5.03. The molecule has 0 atom stereocenters. The standard InChI is InChI=1S/C9H10/c1-4-6-8-9(3)7-5-2/h1,7-8H,2,6H2,3H3. The molecule has 0 aliphatic rings. The summed E-state index contributed by atoms with van der Waals surface area (Å²) in [6, 6.07) is 0. The fraction of sp³-hybridized carbons (Fsp3) is 0.222. The molecule has 0 rings (SSSR count). The van der Waals surface area contributed by atoms with Crippen LogP contribution < -0.4 is 0 Å². The molecule has 0 aromatic rings. The Hall–Kier alpha value is -1.18.